The average molecular weight is 289 g/mol. The molecule has 0 bridgehead atoms. The third kappa shape index (κ3) is 3.33. The fourth-order valence-electron chi connectivity index (χ4n) is 2.20. The van der Waals surface area contributed by atoms with Gasteiger partial charge in [0.15, 0.2) is 0 Å². The number of benzene rings is 2. The molecule has 0 aliphatic heterocycles. The molecule has 0 aliphatic carbocycles. The topological polar surface area (TPSA) is 50.8 Å². The van der Waals surface area contributed by atoms with Crippen LogP contribution in [0.4, 0.5) is 0 Å². The summed E-state index contributed by atoms with van der Waals surface area (Å²) < 4.78 is 7.80. The van der Waals surface area contributed by atoms with Crippen molar-refractivity contribution in [2.24, 2.45) is 0 Å². The average Bonchev–Trinajstić information content (AvgIpc) is 3.07. The van der Waals surface area contributed by atoms with Gasteiger partial charge in [-0.1, -0.05) is 36.4 Å². The summed E-state index contributed by atoms with van der Waals surface area (Å²) in [6.45, 7) is 1.15. The van der Waals surface area contributed by atoms with Crippen LogP contribution in [-0.2, 0) is 13.2 Å². The molecule has 0 aliphatic rings. The van der Waals surface area contributed by atoms with E-state index in [0.29, 0.717) is 24.5 Å². The first-order chi connectivity index (χ1) is 10.8. The Morgan fingerprint density at radius 2 is 1.95 bits per heavy atom. The monoisotopic (exact) mass is 289 g/mol. The molecule has 1 aromatic heterocycles. The first-order valence-electron chi connectivity index (χ1n) is 7.00. The van der Waals surface area contributed by atoms with Crippen molar-refractivity contribution < 1.29 is 4.74 Å². The summed E-state index contributed by atoms with van der Waals surface area (Å²) in [5.41, 5.74) is 2.69. The summed E-state index contributed by atoms with van der Waals surface area (Å²) in [6.07, 6.45) is 5.42. The van der Waals surface area contributed by atoms with Crippen molar-refractivity contribution >= 4 is 0 Å². The lowest BCUT2D eigenvalue weighted by Gasteiger charge is -2.10. The molecule has 0 unspecified atom stereocenters. The van der Waals surface area contributed by atoms with Gasteiger partial charge in [-0.15, -0.1) is 0 Å². The minimum absolute atomic E-state index is 0.448. The van der Waals surface area contributed by atoms with Crippen LogP contribution in [-0.4, -0.2) is 9.55 Å². The van der Waals surface area contributed by atoms with Crippen molar-refractivity contribution in [1.29, 1.82) is 5.26 Å². The van der Waals surface area contributed by atoms with Crippen LogP contribution in [0.1, 0.15) is 16.7 Å². The number of hydrogen-bond donors (Lipinski definition) is 0. The van der Waals surface area contributed by atoms with Crippen LogP contribution in [0.3, 0.4) is 0 Å². The van der Waals surface area contributed by atoms with Crippen molar-refractivity contribution in [1.82, 2.24) is 9.55 Å². The molecule has 3 aromatic rings. The van der Waals surface area contributed by atoms with Gasteiger partial charge in [0.25, 0.3) is 0 Å². The molecule has 0 radical (unpaired) electrons. The van der Waals surface area contributed by atoms with Gasteiger partial charge < -0.3 is 9.30 Å². The predicted molar refractivity (Wildman–Crippen MR) is 83.3 cm³/mol. The first-order valence-corrected chi connectivity index (χ1v) is 7.00. The quantitative estimate of drug-likeness (QED) is 0.723. The van der Waals surface area contributed by atoms with E-state index in [-0.39, 0.29) is 0 Å². The fourth-order valence-corrected chi connectivity index (χ4v) is 2.20. The minimum atomic E-state index is 0.448. The number of aromatic nitrogens is 2. The maximum atomic E-state index is 9.22. The zero-order valence-electron chi connectivity index (χ0n) is 12.0. The number of nitriles is 1. The molecule has 0 fully saturated rings. The van der Waals surface area contributed by atoms with Gasteiger partial charge in [-0.3, -0.25) is 0 Å². The van der Waals surface area contributed by atoms with E-state index in [4.69, 9.17) is 4.74 Å². The van der Waals surface area contributed by atoms with E-state index in [1.807, 2.05) is 53.2 Å². The van der Waals surface area contributed by atoms with Crippen LogP contribution in [0.25, 0.3) is 0 Å². The highest BCUT2D eigenvalue weighted by Crippen LogP contribution is 2.21. The number of hydrogen-bond acceptors (Lipinski definition) is 3. The van der Waals surface area contributed by atoms with Crippen molar-refractivity contribution in [2.45, 2.75) is 13.2 Å². The Labute approximate surface area is 129 Å². The Morgan fingerprint density at radius 3 is 2.68 bits per heavy atom. The van der Waals surface area contributed by atoms with Crippen molar-refractivity contribution in [2.75, 3.05) is 0 Å². The Bertz CT molecular complexity index is 774. The van der Waals surface area contributed by atoms with Crippen LogP contribution >= 0.6 is 0 Å². The van der Waals surface area contributed by atoms with Gasteiger partial charge in [-0.2, -0.15) is 5.26 Å². The molecule has 0 amide bonds. The normalized spacial score (nSPS) is 10.1. The second-order valence-electron chi connectivity index (χ2n) is 4.95. The lowest BCUT2D eigenvalue weighted by Crippen LogP contribution is -2.00. The molecule has 2 aromatic carbocycles. The van der Waals surface area contributed by atoms with Crippen molar-refractivity contribution in [3.8, 4) is 11.8 Å². The van der Waals surface area contributed by atoms with Crippen molar-refractivity contribution in [3.63, 3.8) is 0 Å². The summed E-state index contributed by atoms with van der Waals surface area (Å²) >= 11 is 0. The molecular formula is C18H15N3O. The van der Waals surface area contributed by atoms with Crippen molar-refractivity contribution in [3.05, 3.63) is 83.9 Å². The van der Waals surface area contributed by atoms with Crippen LogP contribution in [0.5, 0.6) is 5.75 Å². The molecule has 1 heterocycles. The molecule has 4 nitrogen and oxygen atoms in total. The second kappa shape index (κ2) is 6.59. The molecular weight excluding hydrogens is 274 g/mol. The van der Waals surface area contributed by atoms with Gasteiger partial charge in [0.05, 0.1) is 11.9 Å². The van der Waals surface area contributed by atoms with Gasteiger partial charge in [0.1, 0.15) is 18.4 Å². The van der Waals surface area contributed by atoms with Gasteiger partial charge in [0.2, 0.25) is 0 Å². The highest BCUT2D eigenvalue weighted by molar-refractivity contribution is 5.45. The van der Waals surface area contributed by atoms with Gasteiger partial charge >= 0.3 is 0 Å². The smallest absolute Gasteiger partial charge is 0.137 e. The molecule has 108 valence electrons. The Kier molecular flexibility index (Phi) is 4.17. The first kappa shape index (κ1) is 13.9. The molecule has 0 saturated heterocycles. The van der Waals surface area contributed by atoms with E-state index in [2.05, 4.69) is 11.1 Å². The molecule has 0 spiro atoms. The highest BCUT2D eigenvalue weighted by atomic mass is 16.5. The Morgan fingerprint density at radius 1 is 1.09 bits per heavy atom. The summed E-state index contributed by atoms with van der Waals surface area (Å²) in [4.78, 5) is 4.03. The fraction of sp³-hybridized carbons (Fsp3) is 0.111. The van der Waals surface area contributed by atoms with Gasteiger partial charge in [0, 0.05) is 18.9 Å². The molecule has 0 saturated carbocycles. The second-order valence-corrected chi connectivity index (χ2v) is 4.95. The van der Waals surface area contributed by atoms with E-state index in [9.17, 15) is 5.26 Å². The van der Waals surface area contributed by atoms with E-state index < -0.39 is 0 Å². The van der Waals surface area contributed by atoms with E-state index in [0.717, 1.165) is 11.1 Å². The highest BCUT2D eigenvalue weighted by Gasteiger charge is 2.06. The van der Waals surface area contributed by atoms with Crippen LogP contribution in [0.15, 0.2) is 67.3 Å². The summed E-state index contributed by atoms with van der Waals surface area (Å²) in [5.74, 6) is 0.615. The zero-order valence-corrected chi connectivity index (χ0v) is 12.0. The van der Waals surface area contributed by atoms with Crippen LogP contribution in [0.2, 0.25) is 0 Å². The van der Waals surface area contributed by atoms with E-state index in [1.165, 1.54) is 0 Å². The SMILES string of the molecule is N#Cc1ccc(Cn2ccnc2)cc1OCc1ccccc1. The van der Waals surface area contributed by atoms with Crippen LogP contribution in [0, 0.1) is 11.3 Å². The number of nitrogens with zero attached hydrogens (tertiary/aromatic N) is 3. The number of imidazole rings is 1. The lowest BCUT2D eigenvalue weighted by molar-refractivity contribution is 0.305. The largest absolute Gasteiger partial charge is 0.488 e. The van der Waals surface area contributed by atoms with Gasteiger partial charge in [-0.05, 0) is 23.3 Å². The Balaban J connectivity index is 1.77. The zero-order chi connectivity index (χ0) is 15.2. The molecule has 4 heteroatoms. The maximum absolute atomic E-state index is 9.22. The standard InChI is InChI=1S/C18H15N3O/c19-11-17-7-6-16(12-21-9-8-20-14-21)10-18(17)22-13-15-4-2-1-3-5-15/h1-10,14H,12-13H2. The van der Waals surface area contributed by atoms with Crippen LogP contribution < -0.4 is 4.74 Å². The molecule has 0 N–H and O–H groups in total. The van der Waals surface area contributed by atoms with Gasteiger partial charge in [-0.25, -0.2) is 4.98 Å². The maximum Gasteiger partial charge on any atom is 0.137 e. The number of rotatable bonds is 5. The Hall–Kier alpha value is -3.06. The summed E-state index contributed by atoms with van der Waals surface area (Å²) in [6, 6.07) is 17.7. The molecule has 0 atom stereocenters. The predicted octanol–water partition coefficient (Wildman–Crippen LogP) is 3.38. The minimum Gasteiger partial charge on any atom is -0.488 e. The number of ether oxygens (including phenoxy) is 1. The molecule has 3 rings (SSSR count). The van der Waals surface area contributed by atoms with E-state index >= 15 is 0 Å². The lowest BCUT2D eigenvalue weighted by atomic mass is 10.1. The summed E-state index contributed by atoms with van der Waals surface area (Å²) in [5, 5.41) is 9.22. The van der Waals surface area contributed by atoms with E-state index in [1.54, 1.807) is 18.6 Å². The third-order valence-electron chi connectivity index (χ3n) is 3.33. The third-order valence-corrected chi connectivity index (χ3v) is 3.33. The summed E-state index contributed by atoms with van der Waals surface area (Å²) in [7, 11) is 0. The molecule has 22 heavy (non-hydrogen) atoms.